The van der Waals surface area contributed by atoms with Crippen molar-refractivity contribution in [3.63, 3.8) is 0 Å². The number of nitrogens with one attached hydrogen (secondary N) is 1. The minimum absolute atomic E-state index is 0.698. The van der Waals surface area contributed by atoms with Crippen LogP contribution in [0, 0.1) is 23.2 Å². The maximum absolute atomic E-state index is 3.86. The molecule has 0 aromatic carbocycles. The van der Waals surface area contributed by atoms with Crippen molar-refractivity contribution in [3.05, 3.63) is 0 Å². The Morgan fingerprint density at radius 2 is 1.59 bits per heavy atom. The fraction of sp³-hybridized carbons (Fsp3) is 1.00. The van der Waals surface area contributed by atoms with Gasteiger partial charge in [0.1, 0.15) is 0 Å². The smallest absolute Gasteiger partial charge is 0.0252 e. The van der Waals surface area contributed by atoms with Gasteiger partial charge in [-0.1, -0.05) is 0 Å². The van der Waals surface area contributed by atoms with E-state index in [1.807, 2.05) is 0 Å². The zero-order valence-corrected chi connectivity index (χ0v) is 11.1. The Bertz CT molecular complexity index is 277. The molecule has 4 saturated carbocycles. The maximum Gasteiger partial charge on any atom is 0.0252 e. The number of hydrogen-bond acceptors (Lipinski definition) is 2. The highest BCUT2D eigenvalue weighted by Crippen LogP contribution is 2.61. The van der Waals surface area contributed by atoms with Gasteiger partial charge in [0.2, 0.25) is 0 Å². The number of piperazine rings is 1. The second-order valence-corrected chi connectivity index (χ2v) is 7.55. The summed E-state index contributed by atoms with van der Waals surface area (Å²) in [6, 6.07) is 0.801. The van der Waals surface area contributed by atoms with Crippen LogP contribution in [0.4, 0.5) is 0 Å². The molecule has 1 heterocycles. The minimum Gasteiger partial charge on any atom is -0.311 e. The third-order valence-electron chi connectivity index (χ3n) is 6.20. The summed E-state index contributed by atoms with van der Waals surface area (Å²) in [6.45, 7) is 3.75. The molecule has 5 fully saturated rings. The molecule has 1 saturated heterocycles. The third kappa shape index (κ3) is 1.67. The molecule has 1 atom stereocenters. The van der Waals surface area contributed by atoms with Crippen molar-refractivity contribution in [2.24, 2.45) is 23.2 Å². The van der Waals surface area contributed by atoms with E-state index >= 15 is 0 Å². The zero-order chi connectivity index (χ0) is 11.5. The summed E-state index contributed by atoms with van der Waals surface area (Å²) in [7, 11) is 2.30. The topological polar surface area (TPSA) is 15.3 Å². The van der Waals surface area contributed by atoms with E-state index in [4.69, 9.17) is 0 Å². The van der Waals surface area contributed by atoms with Gasteiger partial charge in [0.25, 0.3) is 0 Å². The van der Waals surface area contributed by atoms with Gasteiger partial charge in [-0.2, -0.15) is 0 Å². The molecule has 0 aromatic rings. The van der Waals surface area contributed by atoms with Crippen LogP contribution in [0.3, 0.4) is 0 Å². The lowest BCUT2D eigenvalue weighted by atomic mass is 9.47. The minimum atomic E-state index is 0.698. The van der Waals surface area contributed by atoms with Crippen LogP contribution < -0.4 is 5.32 Å². The first-order valence-corrected chi connectivity index (χ1v) is 7.65. The molecule has 4 bridgehead atoms. The van der Waals surface area contributed by atoms with Crippen molar-refractivity contribution in [2.45, 2.75) is 44.6 Å². The number of likely N-dealkylation sites (N-methyl/N-ethyl adjacent to an activating group) is 1. The summed E-state index contributed by atoms with van der Waals surface area (Å²) in [5.74, 6) is 3.28. The fourth-order valence-electron chi connectivity index (χ4n) is 5.91. The highest BCUT2D eigenvalue weighted by Gasteiger charge is 2.54. The molecule has 0 aromatic heterocycles. The number of hydrogen-bond donors (Lipinski definition) is 1. The molecule has 1 aliphatic heterocycles. The van der Waals surface area contributed by atoms with E-state index < -0.39 is 0 Å². The molecular weight excluding hydrogens is 208 g/mol. The second-order valence-electron chi connectivity index (χ2n) is 7.55. The van der Waals surface area contributed by atoms with Gasteiger partial charge in [-0.3, -0.25) is 0 Å². The normalized spacial score (nSPS) is 54.2. The van der Waals surface area contributed by atoms with Crippen LogP contribution in [-0.2, 0) is 0 Å². The molecule has 4 aliphatic carbocycles. The second kappa shape index (κ2) is 3.71. The molecule has 17 heavy (non-hydrogen) atoms. The SMILES string of the molecule is CN1CCNC(C23CC4CC(CC(C4)C2)C3)C1. The molecule has 1 N–H and O–H groups in total. The van der Waals surface area contributed by atoms with Crippen molar-refractivity contribution in [1.82, 2.24) is 10.2 Å². The molecule has 96 valence electrons. The summed E-state index contributed by atoms with van der Waals surface area (Å²) in [4.78, 5) is 2.54. The van der Waals surface area contributed by atoms with E-state index in [2.05, 4.69) is 17.3 Å². The summed E-state index contributed by atoms with van der Waals surface area (Å²) >= 11 is 0. The number of rotatable bonds is 1. The molecule has 2 heteroatoms. The number of nitrogens with zero attached hydrogens (tertiary/aromatic N) is 1. The van der Waals surface area contributed by atoms with Crippen LogP contribution in [-0.4, -0.2) is 37.6 Å². The Morgan fingerprint density at radius 3 is 2.12 bits per heavy atom. The first-order valence-electron chi connectivity index (χ1n) is 7.65. The average Bonchev–Trinajstić information content (AvgIpc) is 2.27. The van der Waals surface area contributed by atoms with Gasteiger partial charge in [-0.05, 0) is 68.7 Å². The monoisotopic (exact) mass is 234 g/mol. The zero-order valence-electron chi connectivity index (χ0n) is 11.1. The highest BCUT2D eigenvalue weighted by molar-refractivity contribution is 5.07. The summed E-state index contributed by atoms with van der Waals surface area (Å²) in [5.41, 5.74) is 0.698. The third-order valence-corrected chi connectivity index (χ3v) is 6.20. The average molecular weight is 234 g/mol. The fourth-order valence-corrected chi connectivity index (χ4v) is 5.91. The van der Waals surface area contributed by atoms with E-state index in [0.29, 0.717) is 5.41 Å². The first-order chi connectivity index (χ1) is 8.23. The predicted octanol–water partition coefficient (Wildman–Crippen LogP) is 2.11. The van der Waals surface area contributed by atoms with Crippen LogP contribution in [0.25, 0.3) is 0 Å². The van der Waals surface area contributed by atoms with Crippen molar-refractivity contribution in [3.8, 4) is 0 Å². The van der Waals surface area contributed by atoms with E-state index in [-0.39, 0.29) is 0 Å². The van der Waals surface area contributed by atoms with Crippen LogP contribution in [0.2, 0.25) is 0 Å². The lowest BCUT2D eigenvalue weighted by Crippen LogP contribution is -2.62. The summed E-state index contributed by atoms with van der Waals surface area (Å²) < 4.78 is 0. The predicted molar refractivity (Wildman–Crippen MR) is 69.9 cm³/mol. The van der Waals surface area contributed by atoms with E-state index in [9.17, 15) is 0 Å². The van der Waals surface area contributed by atoms with Gasteiger partial charge in [-0.25, -0.2) is 0 Å². The van der Waals surface area contributed by atoms with Crippen molar-refractivity contribution >= 4 is 0 Å². The Morgan fingerprint density at radius 1 is 1.00 bits per heavy atom. The lowest BCUT2D eigenvalue weighted by Gasteiger charge is -2.60. The quantitative estimate of drug-likeness (QED) is 0.747. The van der Waals surface area contributed by atoms with Crippen LogP contribution in [0.1, 0.15) is 38.5 Å². The summed E-state index contributed by atoms with van der Waals surface area (Å²) in [5, 5.41) is 3.86. The van der Waals surface area contributed by atoms with Gasteiger partial charge >= 0.3 is 0 Å². The lowest BCUT2D eigenvalue weighted by molar-refractivity contribution is -0.0824. The Hall–Kier alpha value is -0.0800. The molecule has 2 nitrogen and oxygen atoms in total. The molecule has 0 amide bonds. The van der Waals surface area contributed by atoms with E-state index in [1.165, 1.54) is 19.6 Å². The maximum atomic E-state index is 3.86. The molecule has 0 spiro atoms. The van der Waals surface area contributed by atoms with Crippen LogP contribution in [0.5, 0.6) is 0 Å². The van der Waals surface area contributed by atoms with E-state index in [1.54, 1.807) is 38.5 Å². The van der Waals surface area contributed by atoms with Gasteiger partial charge in [0.05, 0.1) is 0 Å². The van der Waals surface area contributed by atoms with Gasteiger partial charge in [-0.15, -0.1) is 0 Å². The van der Waals surface area contributed by atoms with Crippen LogP contribution in [0.15, 0.2) is 0 Å². The Kier molecular flexibility index (Phi) is 2.36. The Balaban J connectivity index is 1.59. The van der Waals surface area contributed by atoms with Crippen molar-refractivity contribution in [1.29, 1.82) is 0 Å². The van der Waals surface area contributed by atoms with Crippen molar-refractivity contribution in [2.75, 3.05) is 26.7 Å². The van der Waals surface area contributed by atoms with E-state index in [0.717, 1.165) is 23.8 Å². The highest BCUT2D eigenvalue weighted by atomic mass is 15.2. The molecule has 0 radical (unpaired) electrons. The summed E-state index contributed by atoms with van der Waals surface area (Å²) in [6.07, 6.45) is 9.35. The Labute approximate surface area is 105 Å². The largest absolute Gasteiger partial charge is 0.311 e. The standard InChI is InChI=1S/C15H26N2/c1-17-3-2-16-14(10-17)15-7-11-4-12(8-15)6-13(5-11)9-15/h11-14,16H,2-10H2,1H3. The van der Waals surface area contributed by atoms with Gasteiger partial charge < -0.3 is 10.2 Å². The van der Waals surface area contributed by atoms with Gasteiger partial charge in [0.15, 0.2) is 0 Å². The molecular formula is C15H26N2. The van der Waals surface area contributed by atoms with Crippen molar-refractivity contribution < 1.29 is 0 Å². The molecule has 1 unspecified atom stereocenters. The first kappa shape index (κ1) is 10.8. The van der Waals surface area contributed by atoms with Crippen LogP contribution >= 0.6 is 0 Å². The molecule has 5 rings (SSSR count). The van der Waals surface area contributed by atoms with Gasteiger partial charge in [0, 0.05) is 25.7 Å². The molecule has 5 aliphatic rings.